The molecule has 0 aliphatic heterocycles. The van der Waals surface area contributed by atoms with E-state index < -0.39 is 5.82 Å². The number of ether oxygens (including phenoxy) is 1. The normalized spacial score (nSPS) is 10.2. The Bertz CT molecular complexity index is 494. The first-order valence-electron chi connectivity index (χ1n) is 4.85. The van der Waals surface area contributed by atoms with Crippen LogP contribution < -0.4 is 4.74 Å². The molecule has 0 N–H and O–H groups in total. The molecule has 82 valence electrons. The Balaban J connectivity index is 2.23. The first-order chi connectivity index (χ1) is 7.65. The van der Waals surface area contributed by atoms with E-state index in [9.17, 15) is 4.39 Å². The van der Waals surface area contributed by atoms with E-state index in [0.29, 0.717) is 10.8 Å². The Hall–Kier alpha value is -1.54. The molecule has 1 nitrogen and oxygen atoms in total. The van der Waals surface area contributed by atoms with Crippen molar-refractivity contribution in [3.63, 3.8) is 0 Å². The van der Waals surface area contributed by atoms with E-state index >= 15 is 0 Å². The van der Waals surface area contributed by atoms with Crippen LogP contribution in [0.2, 0.25) is 5.02 Å². The largest absolute Gasteiger partial charge is 0.454 e. The first kappa shape index (κ1) is 11.0. The topological polar surface area (TPSA) is 9.23 Å². The van der Waals surface area contributed by atoms with E-state index in [4.69, 9.17) is 16.3 Å². The van der Waals surface area contributed by atoms with Crippen LogP contribution in [0.1, 0.15) is 5.56 Å². The predicted octanol–water partition coefficient (Wildman–Crippen LogP) is 4.58. The number of hydrogen-bond acceptors (Lipinski definition) is 1. The van der Waals surface area contributed by atoms with Crippen LogP contribution in [-0.4, -0.2) is 0 Å². The summed E-state index contributed by atoms with van der Waals surface area (Å²) in [5.74, 6) is 0.313. The molecule has 0 bridgehead atoms. The van der Waals surface area contributed by atoms with Gasteiger partial charge in [0.1, 0.15) is 5.75 Å². The van der Waals surface area contributed by atoms with E-state index in [-0.39, 0.29) is 5.75 Å². The minimum Gasteiger partial charge on any atom is -0.454 e. The van der Waals surface area contributed by atoms with E-state index in [1.54, 1.807) is 18.2 Å². The van der Waals surface area contributed by atoms with Crippen LogP contribution in [0.5, 0.6) is 11.5 Å². The van der Waals surface area contributed by atoms with E-state index in [1.165, 1.54) is 12.1 Å². The highest BCUT2D eigenvalue weighted by Gasteiger charge is 2.04. The van der Waals surface area contributed by atoms with Crippen molar-refractivity contribution in [2.24, 2.45) is 0 Å². The molecule has 2 rings (SSSR count). The van der Waals surface area contributed by atoms with Gasteiger partial charge in [-0.25, -0.2) is 4.39 Å². The minimum atomic E-state index is -0.465. The maximum absolute atomic E-state index is 13.4. The second-order valence-corrected chi connectivity index (χ2v) is 3.93. The predicted molar refractivity (Wildman–Crippen MR) is 62.7 cm³/mol. The molecule has 0 aliphatic rings. The number of rotatable bonds is 2. The molecule has 0 amide bonds. The molecule has 3 heteroatoms. The Kier molecular flexibility index (Phi) is 3.11. The third-order valence-corrected chi connectivity index (χ3v) is 2.38. The van der Waals surface area contributed by atoms with Crippen molar-refractivity contribution in [1.29, 1.82) is 0 Å². The van der Waals surface area contributed by atoms with Crippen molar-refractivity contribution in [3.8, 4) is 11.5 Å². The van der Waals surface area contributed by atoms with Gasteiger partial charge < -0.3 is 4.74 Å². The lowest BCUT2D eigenvalue weighted by atomic mass is 10.2. The third kappa shape index (κ3) is 2.52. The summed E-state index contributed by atoms with van der Waals surface area (Å²) < 4.78 is 18.8. The van der Waals surface area contributed by atoms with Crippen molar-refractivity contribution in [2.75, 3.05) is 0 Å². The monoisotopic (exact) mass is 236 g/mol. The van der Waals surface area contributed by atoms with E-state index in [1.807, 2.05) is 19.1 Å². The van der Waals surface area contributed by atoms with Gasteiger partial charge in [0.2, 0.25) is 0 Å². The zero-order valence-electron chi connectivity index (χ0n) is 8.71. The fraction of sp³-hybridized carbons (Fsp3) is 0.0769. The molecular weight excluding hydrogens is 227 g/mol. The van der Waals surface area contributed by atoms with Gasteiger partial charge in [-0.2, -0.15) is 0 Å². The Labute approximate surface area is 98.4 Å². The maximum Gasteiger partial charge on any atom is 0.167 e. The van der Waals surface area contributed by atoms with Crippen LogP contribution in [0.25, 0.3) is 0 Å². The smallest absolute Gasteiger partial charge is 0.167 e. The van der Waals surface area contributed by atoms with Gasteiger partial charge in [0, 0.05) is 5.02 Å². The van der Waals surface area contributed by atoms with Gasteiger partial charge in [0.25, 0.3) is 0 Å². The van der Waals surface area contributed by atoms with E-state index in [2.05, 4.69) is 0 Å². The van der Waals surface area contributed by atoms with Crippen LogP contribution in [0.3, 0.4) is 0 Å². The SMILES string of the molecule is Cc1ccc(Oc2ccc(Cl)cc2F)cc1. The molecule has 0 aliphatic carbocycles. The second kappa shape index (κ2) is 4.54. The summed E-state index contributed by atoms with van der Waals surface area (Å²) in [7, 11) is 0. The number of halogens is 2. The molecule has 0 spiro atoms. The lowest BCUT2D eigenvalue weighted by Crippen LogP contribution is -1.88. The molecule has 0 aromatic heterocycles. The number of hydrogen-bond donors (Lipinski definition) is 0. The van der Waals surface area contributed by atoms with Gasteiger partial charge in [0.05, 0.1) is 0 Å². The molecule has 16 heavy (non-hydrogen) atoms. The number of benzene rings is 2. The molecule has 0 heterocycles. The van der Waals surface area contributed by atoms with Crippen molar-refractivity contribution in [2.45, 2.75) is 6.92 Å². The minimum absolute atomic E-state index is 0.174. The van der Waals surface area contributed by atoms with Gasteiger partial charge in [-0.05, 0) is 37.3 Å². The third-order valence-electron chi connectivity index (χ3n) is 2.14. The van der Waals surface area contributed by atoms with Gasteiger partial charge in [-0.15, -0.1) is 0 Å². The van der Waals surface area contributed by atoms with Crippen molar-refractivity contribution in [1.82, 2.24) is 0 Å². The second-order valence-electron chi connectivity index (χ2n) is 3.49. The van der Waals surface area contributed by atoms with Crippen LogP contribution in [0, 0.1) is 12.7 Å². The maximum atomic E-state index is 13.4. The first-order valence-corrected chi connectivity index (χ1v) is 5.22. The van der Waals surface area contributed by atoms with Crippen molar-refractivity contribution >= 4 is 11.6 Å². The molecule has 0 saturated carbocycles. The zero-order valence-corrected chi connectivity index (χ0v) is 9.46. The lowest BCUT2D eigenvalue weighted by molar-refractivity contribution is 0.442. The molecule has 0 atom stereocenters. The molecule has 2 aromatic carbocycles. The average molecular weight is 237 g/mol. The highest BCUT2D eigenvalue weighted by molar-refractivity contribution is 6.30. The fourth-order valence-electron chi connectivity index (χ4n) is 1.29. The summed E-state index contributed by atoms with van der Waals surface area (Å²) in [5, 5.41) is 0.355. The molecule has 0 unspecified atom stereocenters. The highest BCUT2D eigenvalue weighted by atomic mass is 35.5. The van der Waals surface area contributed by atoms with Gasteiger partial charge >= 0.3 is 0 Å². The van der Waals surface area contributed by atoms with Crippen LogP contribution in [-0.2, 0) is 0 Å². The van der Waals surface area contributed by atoms with Crippen LogP contribution in [0.4, 0.5) is 4.39 Å². The molecule has 2 aromatic rings. The molecule has 0 fully saturated rings. The van der Waals surface area contributed by atoms with Gasteiger partial charge in [-0.3, -0.25) is 0 Å². The van der Waals surface area contributed by atoms with Crippen LogP contribution >= 0.6 is 11.6 Å². The standard InChI is InChI=1S/C13H10ClFO/c1-9-2-5-11(6-3-9)16-13-7-4-10(14)8-12(13)15/h2-8H,1H3. The Morgan fingerprint density at radius 3 is 2.38 bits per heavy atom. The summed E-state index contributed by atoms with van der Waals surface area (Å²) in [6.45, 7) is 1.98. The fourth-order valence-corrected chi connectivity index (χ4v) is 1.45. The molecule has 0 radical (unpaired) electrons. The van der Waals surface area contributed by atoms with Crippen molar-refractivity contribution < 1.29 is 9.13 Å². The zero-order chi connectivity index (χ0) is 11.5. The molecule has 0 saturated heterocycles. The quantitative estimate of drug-likeness (QED) is 0.742. The highest BCUT2D eigenvalue weighted by Crippen LogP contribution is 2.26. The molecular formula is C13H10ClFO. The summed E-state index contributed by atoms with van der Waals surface area (Å²) in [5.41, 5.74) is 1.13. The summed E-state index contributed by atoms with van der Waals surface area (Å²) >= 11 is 5.65. The summed E-state index contributed by atoms with van der Waals surface area (Å²) in [6, 6.07) is 11.7. The average Bonchev–Trinajstić information content (AvgIpc) is 2.25. The summed E-state index contributed by atoms with van der Waals surface area (Å²) in [4.78, 5) is 0. The Morgan fingerprint density at radius 1 is 1.06 bits per heavy atom. The van der Waals surface area contributed by atoms with E-state index in [0.717, 1.165) is 5.56 Å². The van der Waals surface area contributed by atoms with Gasteiger partial charge in [-0.1, -0.05) is 29.3 Å². The van der Waals surface area contributed by atoms with Crippen molar-refractivity contribution in [3.05, 3.63) is 58.9 Å². The number of aryl methyl sites for hydroxylation is 1. The Morgan fingerprint density at radius 2 is 1.75 bits per heavy atom. The van der Waals surface area contributed by atoms with Gasteiger partial charge in [0.15, 0.2) is 11.6 Å². The van der Waals surface area contributed by atoms with Crippen LogP contribution in [0.15, 0.2) is 42.5 Å². The summed E-state index contributed by atoms with van der Waals surface area (Å²) in [6.07, 6.45) is 0. The lowest BCUT2D eigenvalue weighted by Gasteiger charge is -2.06.